The van der Waals surface area contributed by atoms with Crippen LogP contribution in [0.15, 0.2) is 0 Å². The van der Waals surface area contributed by atoms with Gasteiger partial charge in [-0.05, 0) is 0 Å². The summed E-state index contributed by atoms with van der Waals surface area (Å²) in [5.74, 6) is 0. The summed E-state index contributed by atoms with van der Waals surface area (Å²) in [6, 6.07) is 0. The Bertz CT molecular complexity index is 72.4. The Morgan fingerprint density at radius 2 is 1.60 bits per heavy atom. The lowest BCUT2D eigenvalue weighted by atomic mass is 10.4. The molecule has 0 aliphatic heterocycles. The SMILES string of the molecule is [O]C(CO)OC(CO)CO. The van der Waals surface area contributed by atoms with Crippen LogP contribution in [0.2, 0.25) is 0 Å². The van der Waals surface area contributed by atoms with Crippen molar-refractivity contribution in [1.82, 2.24) is 0 Å². The molecular formula is C5H11O5. The molecule has 0 spiro atoms. The fourth-order valence-corrected chi connectivity index (χ4v) is 0.401. The van der Waals surface area contributed by atoms with E-state index in [2.05, 4.69) is 4.74 Å². The number of rotatable bonds is 5. The molecule has 61 valence electrons. The van der Waals surface area contributed by atoms with E-state index in [-0.39, 0.29) is 0 Å². The summed E-state index contributed by atoms with van der Waals surface area (Å²) in [6.07, 6.45) is -2.46. The topological polar surface area (TPSA) is 89.8 Å². The Balaban J connectivity index is 3.41. The molecule has 1 unspecified atom stereocenters. The summed E-state index contributed by atoms with van der Waals surface area (Å²) in [6.45, 7) is -1.50. The first-order chi connectivity index (χ1) is 4.74. The molecule has 0 saturated carbocycles. The average Bonchev–Trinajstić information content (AvgIpc) is 1.99. The predicted octanol–water partition coefficient (Wildman–Crippen LogP) is -1.89. The van der Waals surface area contributed by atoms with Gasteiger partial charge in [0, 0.05) is 0 Å². The molecule has 0 aliphatic carbocycles. The Labute approximate surface area is 58.5 Å². The Morgan fingerprint density at radius 3 is 1.90 bits per heavy atom. The second kappa shape index (κ2) is 5.57. The van der Waals surface area contributed by atoms with Gasteiger partial charge in [0.05, 0.1) is 19.8 Å². The molecular weight excluding hydrogens is 140 g/mol. The number of hydrogen-bond acceptors (Lipinski definition) is 4. The van der Waals surface area contributed by atoms with Gasteiger partial charge in [-0.2, -0.15) is 5.11 Å². The van der Waals surface area contributed by atoms with Crippen LogP contribution in [0, 0.1) is 0 Å². The molecule has 0 aromatic carbocycles. The van der Waals surface area contributed by atoms with E-state index in [1.54, 1.807) is 0 Å². The van der Waals surface area contributed by atoms with Crippen molar-refractivity contribution in [3.8, 4) is 0 Å². The third-order valence-corrected chi connectivity index (χ3v) is 0.901. The van der Waals surface area contributed by atoms with Crippen LogP contribution in [0.4, 0.5) is 0 Å². The van der Waals surface area contributed by atoms with Gasteiger partial charge in [-0.3, -0.25) is 0 Å². The average molecular weight is 151 g/mol. The van der Waals surface area contributed by atoms with E-state index >= 15 is 0 Å². The molecule has 0 amide bonds. The van der Waals surface area contributed by atoms with Gasteiger partial charge in [0.1, 0.15) is 6.10 Å². The molecule has 1 radical (unpaired) electrons. The van der Waals surface area contributed by atoms with Crippen molar-refractivity contribution in [2.45, 2.75) is 12.4 Å². The molecule has 1 atom stereocenters. The van der Waals surface area contributed by atoms with Gasteiger partial charge < -0.3 is 20.1 Å². The lowest BCUT2D eigenvalue weighted by molar-refractivity contribution is -0.201. The van der Waals surface area contributed by atoms with Gasteiger partial charge in [0.15, 0.2) is 0 Å². The molecule has 0 fully saturated rings. The third kappa shape index (κ3) is 3.76. The van der Waals surface area contributed by atoms with E-state index < -0.39 is 32.2 Å². The van der Waals surface area contributed by atoms with Crippen molar-refractivity contribution in [2.75, 3.05) is 19.8 Å². The second-order valence-corrected chi connectivity index (χ2v) is 1.74. The highest BCUT2D eigenvalue weighted by atomic mass is 16.6. The highest BCUT2D eigenvalue weighted by Crippen LogP contribution is 1.94. The van der Waals surface area contributed by atoms with Crippen LogP contribution in [-0.2, 0) is 9.84 Å². The largest absolute Gasteiger partial charge is 0.394 e. The maximum atomic E-state index is 10.3. The van der Waals surface area contributed by atoms with Crippen molar-refractivity contribution in [3.63, 3.8) is 0 Å². The fraction of sp³-hybridized carbons (Fsp3) is 1.00. The van der Waals surface area contributed by atoms with E-state index in [4.69, 9.17) is 15.3 Å². The summed E-state index contributed by atoms with van der Waals surface area (Å²) in [5, 5.41) is 35.2. The molecule has 0 aromatic rings. The molecule has 0 aliphatic rings. The van der Waals surface area contributed by atoms with Gasteiger partial charge in [-0.15, -0.1) is 0 Å². The van der Waals surface area contributed by atoms with E-state index in [0.717, 1.165) is 0 Å². The summed E-state index contributed by atoms with van der Waals surface area (Å²) >= 11 is 0. The van der Waals surface area contributed by atoms with E-state index in [0.29, 0.717) is 0 Å². The van der Waals surface area contributed by atoms with Crippen molar-refractivity contribution in [2.24, 2.45) is 0 Å². The molecule has 0 bridgehead atoms. The summed E-state index contributed by atoms with van der Waals surface area (Å²) in [4.78, 5) is 0. The zero-order valence-corrected chi connectivity index (χ0v) is 5.43. The normalized spacial score (nSPS) is 14.1. The number of aliphatic hydroxyl groups excluding tert-OH is 3. The van der Waals surface area contributed by atoms with E-state index in [1.165, 1.54) is 0 Å². The second-order valence-electron chi connectivity index (χ2n) is 1.74. The first kappa shape index (κ1) is 9.80. The minimum atomic E-state index is -1.58. The standard InChI is InChI=1S/C5H11O5/c6-1-4(2-7)10-5(9)3-8/h4-8H,1-3H2. The van der Waals surface area contributed by atoms with Crippen molar-refractivity contribution < 1.29 is 25.2 Å². The number of hydrogen-bond donors (Lipinski definition) is 3. The molecule has 0 heterocycles. The van der Waals surface area contributed by atoms with Gasteiger partial charge in [-0.1, -0.05) is 0 Å². The van der Waals surface area contributed by atoms with Gasteiger partial charge in [-0.25, -0.2) is 0 Å². The highest BCUT2D eigenvalue weighted by Gasteiger charge is 2.12. The molecule has 0 saturated heterocycles. The number of ether oxygens (including phenoxy) is 1. The van der Waals surface area contributed by atoms with Crippen LogP contribution in [0.3, 0.4) is 0 Å². The van der Waals surface area contributed by atoms with E-state index in [9.17, 15) is 5.11 Å². The number of aliphatic hydroxyl groups is 3. The Hall–Kier alpha value is -0.200. The first-order valence-electron chi connectivity index (χ1n) is 2.88. The minimum absolute atomic E-state index is 0.421. The van der Waals surface area contributed by atoms with Crippen LogP contribution in [-0.4, -0.2) is 47.5 Å². The smallest absolute Gasteiger partial charge is 0.215 e. The van der Waals surface area contributed by atoms with Crippen molar-refractivity contribution >= 4 is 0 Å². The molecule has 10 heavy (non-hydrogen) atoms. The third-order valence-electron chi connectivity index (χ3n) is 0.901. The van der Waals surface area contributed by atoms with Gasteiger partial charge >= 0.3 is 0 Å². The van der Waals surface area contributed by atoms with Crippen molar-refractivity contribution in [3.05, 3.63) is 0 Å². The van der Waals surface area contributed by atoms with Crippen LogP contribution in [0.5, 0.6) is 0 Å². The van der Waals surface area contributed by atoms with Crippen LogP contribution in [0.25, 0.3) is 0 Å². The Kier molecular flexibility index (Phi) is 5.46. The zero-order valence-electron chi connectivity index (χ0n) is 5.43. The monoisotopic (exact) mass is 151 g/mol. The summed E-state index contributed by atoms with van der Waals surface area (Å²) < 4.78 is 4.39. The zero-order chi connectivity index (χ0) is 7.98. The predicted molar refractivity (Wildman–Crippen MR) is 30.6 cm³/mol. The van der Waals surface area contributed by atoms with Crippen LogP contribution >= 0.6 is 0 Å². The maximum Gasteiger partial charge on any atom is 0.215 e. The highest BCUT2D eigenvalue weighted by molar-refractivity contribution is 4.52. The molecule has 3 N–H and O–H groups in total. The van der Waals surface area contributed by atoms with E-state index in [1.807, 2.05) is 0 Å². The minimum Gasteiger partial charge on any atom is -0.394 e. The van der Waals surface area contributed by atoms with Gasteiger partial charge in [0.2, 0.25) is 6.29 Å². The van der Waals surface area contributed by atoms with Gasteiger partial charge in [0.25, 0.3) is 0 Å². The lowest BCUT2D eigenvalue weighted by Crippen LogP contribution is -2.29. The lowest BCUT2D eigenvalue weighted by Gasteiger charge is -2.13. The van der Waals surface area contributed by atoms with Crippen LogP contribution < -0.4 is 0 Å². The maximum absolute atomic E-state index is 10.3. The first-order valence-corrected chi connectivity index (χ1v) is 2.88. The summed E-state index contributed by atoms with van der Waals surface area (Å²) in [7, 11) is 0. The van der Waals surface area contributed by atoms with Crippen LogP contribution in [0.1, 0.15) is 0 Å². The fourth-order valence-electron chi connectivity index (χ4n) is 0.401. The Morgan fingerprint density at radius 1 is 1.10 bits per heavy atom. The quantitative estimate of drug-likeness (QED) is 0.400. The molecule has 5 nitrogen and oxygen atoms in total. The molecule has 0 rings (SSSR count). The molecule has 0 aromatic heterocycles. The summed E-state index contributed by atoms with van der Waals surface area (Å²) in [5.41, 5.74) is 0. The molecule has 5 heteroatoms. The van der Waals surface area contributed by atoms with Crippen molar-refractivity contribution in [1.29, 1.82) is 0 Å².